The standard InChI is InChI=1S/C10H8INO2/c11-7-4-8-14-10(13)12-9-5-2-1-3-6-9/h1-3,5-6H,8H2,(H,12,13). The highest BCUT2D eigenvalue weighted by atomic mass is 127. The Morgan fingerprint density at radius 3 is 2.79 bits per heavy atom. The number of rotatable bonds is 2. The van der Waals surface area contributed by atoms with Crippen LogP contribution >= 0.6 is 22.6 Å². The number of amides is 1. The second-order valence-electron chi connectivity index (χ2n) is 2.34. The summed E-state index contributed by atoms with van der Waals surface area (Å²) in [5.41, 5.74) is 0.708. The number of para-hydroxylation sites is 1. The van der Waals surface area contributed by atoms with Crippen LogP contribution in [0.5, 0.6) is 0 Å². The largest absolute Gasteiger partial charge is 0.436 e. The van der Waals surface area contributed by atoms with E-state index in [1.165, 1.54) is 0 Å². The number of carbonyl (C=O) groups is 1. The Bertz CT molecular complexity index is 353. The monoisotopic (exact) mass is 301 g/mol. The van der Waals surface area contributed by atoms with Crippen LogP contribution < -0.4 is 5.32 Å². The maximum Gasteiger partial charge on any atom is 0.412 e. The van der Waals surface area contributed by atoms with Gasteiger partial charge in [0, 0.05) is 28.3 Å². The fraction of sp³-hybridized carbons (Fsp3) is 0.100. The number of ether oxygens (including phenoxy) is 1. The Kier molecular flexibility index (Phi) is 4.86. The molecule has 1 rings (SSSR count). The van der Waals surface area contributed by atoms with Crippen molar-refractivity contribution in [2.24, 2.45) is 0 Å². The molecular formula is C10H8INO2. The predicted octanol–water partition coefficient (Wildman–Crippen LogP) is 2.63. The fourth-order valence-electron chi connectivity index (χ4n) is 0.804. The minimum Gasteiger partial charge on any atom is -0.436 e. The van der Waals surface area contributed by atoms with Gasteiger partial charge in [-0.05, 0) is 16.1 Å². The Morgan fingerprint density at radius 2 is 2.14 bits per heavy atom. The first kappa shape index (κ1) is 10.9. The van der Waals surface area contributed by atoms with Crippen LogP contribution in [-0.2, 0) is 4.74 Å². The van der Waals surface area contributed by atoms with Crippen molar-refractivity contribution in [3.8, 4) is 9.85 Å². The Balaban J connectivity index is 2.37. The van der Waals surface area contributed by atoms with Crippen molar-refractivity contribution in [3.63, 3.8) is 0 Å². The summed E-state index contributed by atoms with van der Waals surface area (Å²) >= 11 is 1.89. The minimum absolute atomic E-state index is 0.113. The molecule has 0 spiro atoms. The average molecular weight is 301 g/mol. The molecule has 0 bridgehead atoms. The van der Waals surface area contributed by atoms with Gasteiger partial charge in [-0.15, -0.1) is 0 Å². The lowest BCUT2D eigenvalue weighted by molar-refractivity contribution is 0.176. The predicted molar refractivity (Wildman–Crippen MR) is 63.2 cm³/mol. The molecule has 0 aliphatic rings. The average Bonchev–Trinajstić information content (AvgIpc) is 2.20. The molecule has 0 saturated carbocycles. The zero-order valence-corrected chi connectivity index (χ0v) is 9.45. The highest BCUT2D eigenvalue weighted by Gasteiger charge is 1.99. The third-order valence-electron chi connectivity index (χ3n) is 1.36. The second-order valence-corrected chi connectivity index (χ2v) is 2.88. The van der Waals surface area contributed by atoms with E-state index in [0.29, 0.717) is 5.69 Å². The molecule has 0 aliphatic heterocycles. The molecule has 1 aromatic rings. The molecule has 0 heterocycles. The summed E-state index contributed by atoms with van der Waals surface area (Å²) in [6, 6.07) is 9.11. The number of hydrogen-bond donors (Lipinski definition) is 1. The molecule has 4 heteroatoms. The van der Waals surface area contributed by atoms with E-state index in [4.69, 9.17) is 4.74 Å². The molecule has 3 nitrogen and oxygen atoms in total. The van der Waals surface area contributed by atoms with Gasteiger partial charge in [-0.25, -0.2) is 4.79 Å². The van der Waals surface area contributed by atoms with Crippen molar-refractivity contribution in [1.82, 2.24) is 0 Å². The van der Waals surface area contributed by atoms with Gasteiger partial charge in [-0.3, -0.25) is 5.32 Å². The van der Waals surface area contributed by atoms with Gasteiger partial charge < -0.3 is 4.74 Å². The maximum absolute atomic E-state index is 11.1. The number of nitrogens with one attached hydrogen (secondary N) is 1. The SMILES string of the molecule is O=C(Nc1ccccc1)OCC#CI. The highest BCUT2D eigenvalue weighted by Crippen LogP contribution is 2.04. The van der Waals surface area contributed by atoms with Crippen LogP contribution in [0, 0.1) is 9.85 Å². The van der Waals surface area contributed by atoms with Crippen LogP contribution in [-0.4, -0.2) is 12.7 Å². The van der Waals surface area contributed by atoms with Gasteiger partial charge in [-0.1, -0.05) is 24.1 Å². The van der Waals surface area contributed by atoms with Gasteiger partial charge in [-0.2, -0.15) is 0 Å². The molecule has 1 amide bonds. The molecule has 0 aliphatic carbocycles. The third kappa shape index (κ3) is 4.14. The second kappa shape index (κ2) is 6.27. The van der Waals surface area contributed by atoms with Crippen molar-refractivity contribution < 1.29 is 9.53 Å². The highest BCUT2D eigenvalue weighted by molar-refractivity contribution is 14.1. The maximum atomic E-state index is 11.1. The molecule has 14 heavy (non-hydrogen) atoms. The molecule has 0 atom stereocenters. The summed E-state index contributed by atoms with van der Waals surface area (Å²) in [4.78, 5) is 11.1. The van der Waals surface area contributed by atoms with Crippen LogP contribution in [0.2, 0.25) is 0 Å². The number of hydrogen-bond acceptors (Lipinski definition) is 2. The first-order valence-corrected chi connectivity index (χ1v) is 4.98. The minimum atomic E-state index is -0.490. The van der Waals surface area contributed by atoms with E-state index < -0.39 is 6.09 Å². The van der Waals surface area contributed by atoms with E-state index in [1.54, 1.807) is 12.1 Å². The molecule has 1 aromatic carbocycles. The molecule has 0 radical (unpaired) electrons. The fourth-order valence-corrected chi connectivity index (χ4v) is 0.960. The van der Waals surface area contributed by atoms with E-state index in [-0.39, 0.29) is 6.61 Å². The molecule has 0 saturated heterocycles. The molecular weight excluding hydrogens is 293 g/mol. The lowest BCUT2D eigenvalue weighted by Gasteiger charge is -2.03. The van der Waals surface area contributed by atoms with E-state index in [1.807, 2.05) is 40.8 Å². The van der Waals surface area contributed by atoms with E-state index >= 15 is 0 Å². The molecule has 0 unspecified atom stereocenters. The summed E-state index contributed by atoms with van der Waals surface area (Å²) < 4.78 is 7.36. The van der Waals surface area contributed by atoms with Crippen LogP contribution in [0.3, 0.4) is 0 Å². The quantitative estimate of drug-likeness (QED) is 0.673. The molecule has 1 N–H and O–H groups in total. The molecule has 72 valence electrons. The van der Waals surface area contributed by atoms with Crippen molar-refractivity contribution >= 4 is 34.4 Å². The number of carbonyl (C=O) groups excluding carboxylic acids is 1. The first-order chi connectivity index (χ1) is 6.83. The van der Waals surface area contributed by atoms with E-state index in [9.17, 15) is 4.79 Å². The Hall–Kier alpha value is -1.22. The first-order valence-electron chi connectivity index (χ1n) is 3.90. The van der Waals surface area contributed by atoms with Crippen LogP contribution in [0.4, 0.5) is 10.5 Å². The number of benzene rings is 1. The van der Waals surface area contributed by atoms with E-state index in [0.717, 1.165) is 0 Å². The van der Waals surface area contributed by atoms with Gasteiger partial charge in [0.25, 0.3) is 0 Å². The van der Waals surface area contributed by atoms with Crippen LogP contribution in [0.25, 0.3) is 0 Å². The van der Waals surface area contributed by atoms with Gasteiger partial charge in [0.05, 0.1) is 0 Å². The lowest BCUT2D eigenvalue weighted by atomic mass is 10.3. The van der Waals surface area contributed by atoms with Gasteiger partial charge in [0.2, 0.25) is 0 Å². The van der Waals surface area contributed by atoms with Crippen LogP contribution in [0.15, 0.2) is 30.3 Å². The zero-order valence-electron chi connectivity index (χ0n) is 7.29. The molecule has 0 aromatic heterocycles. The smallest absolute Gasteiger partial charge is 0.412 e. The Labute approximate surface area is 96.0 Å². The lowest BCUT2D eigenvalue weighted by Crippen LogP contribution is -2.13. The zero-order chi connectivity index (χ0) is 10.2. The molecule has 0 fully saturated rings. The van der Waals surface area contributed by atoms with Crippen molar-refractivity contribution in [3.05, 3.63) is 30.3 Å². The van der Waals surface area contributed by atoms with Gasteiger partial charge >= 0.3 is 6.09 Å². The van der Waals surface area contributed by atoms with E-state index in [2.05, 4.69) is 15.2 Å². The third-order valence-corrected chi connectivity index (χ3v) is 1.74. The number of halogens is 1. The summed E-state index contributed by atoms with van der Waals surface area (Å²) in [6.45, 7) is 0.113. The van der Waals surface area contributed by atoms with Crippen LogP contribution in [0.1, 0.15) is 0 Å². The summed E-state index contributed by atoms with van der Waals surface area (Å²) in [5.74, 6) is 2.62. The number of anilines is 1. The summed E-state index contributed by atoms with van der Waals surface area (Å²) in [5, 5.41) is 2.57. The van der Waals surface area contributed by atoms with Crippen molar-refractivity contribution in [2.45, 2.75) is 0 Å². The van der Waals surface area contributed by atoms with Gasteiger partial charge in [0.15, 0.2) is 6.61 Å². The Morgan fingerprint density at radius 1 is 1.43 bits per heavy atom. The summed E-state index contributed by atoms with van der Waals surface area (Å²) in [7, 11) is 0. The van der Waals surface area contributed by atoms with Crippen molar-refractivity contribution in [1.29, 1.82) is 0 Å². The summed E-state index contributed by atoms with van der Waals surface area (Å²) in [6.07, 6.45) is -0.490. The van der Waals surface area contributed by atoms with Crippen molar-refractivity contribution in [2.75, 3.05) is 11.9 Å². The van der Waals surface area contributed by atoms with Gasteiger partial charge in [0.1, 0.15) is 0 Å². The topological polar surface area (TPSA) is 38.3 Å². The normalized spacial score (nSPS) is 8.36.